The van der Waals surface area contributed by atoms with Crippen LogP contribution in [0.2, 0.25) is 0 Å². The van der Waals surface area contributed by atoms with Gasteiger partial charge in [-0.05, 0) is 29.5 Å². The molecule has 0 aliphatic carbocycles. The third kappa shape index (κ3) is 6.70. The topological polar surface area (TPSA) is 35.2 Å². The molecule has 2 N–H and O–H groups in total. The highest BCUT2D eigenvalue weighted by Gasteiger charge is 2.27. The number of alkyl halides is 3. The van der Waals surface area contributed by atoms with Gasteiger partial charge in [-0.15, -0.1) is 0 Å². The maximum atomic E-state index is 11.8. The highest BCUT2D eigenvalue weighted by atomic mass is 32.2. The second-order valence-electron chi connectivity index (χ2n) is 3.43. The molecule has 0 spiro atoms. The third-order valence-electron chi connectivity index (χ3n) is 1.92. The molecule has 0 unspecified atom stereocenters. The highest BCUT2D eigenvalue weighted by molar-refractivity contribution is 8.00. The molecule has 7 heteroatoms. The average molecular weight is 295 g/mol. The Bertz CT molecular complexity index is 392. The molecule has 1 rings (SSSR count). The zero-order chi connectivity index (χ0) is 13.6. The number of nitrogens with two attached hydrogens (primary N) is 1. The summed E-state index contributed by atoms with van der Waals surface area (Å²) in [6.45, 7) is 0.0127. The first-order valence-electron chi connectivity index (χ1n) is 5.07. The van der Waals surface area contributed by atoms with E-state index in [1.54, 1.807) is 24.3 Å². The molecule has 2 nitrogen and oxygen atoms in total. The zero-order valence-electron chi connectivity index (χ0n) is 9.37. The van der Waals surface area contributed by atoms with Crippen LogP contribution in [0.15, 0.2) is 24.3 Å². The number of halogens is 3. The Morgan fingerprint density at radius 2 is 1.89 bits per heavy atom. The van der Waals surface area contributed by atoms with E-state index in [4.69, 9.17) is 22.7 Å². The van der Waals surface area contributed by atoms with Crippen LogP contribution in [0.4, 0.5) is 13.2 Å². The number of ether oxygens (including phenoxy) is 1. The molecule has 0 radical (unpaired) electrons. The Morgan fingerprint density at radius 3 is 2.39 bits per heavy atom. The van der Waals surface area contributed by atoms with E-state index in [1.807, 2.05) is 0 Å². The van der Waals surface area contributed by atoms with Crippen molar-refractivity contribution in [2.45, 2.75) is 11.9 Å². The molecule has 18 heavy (non-hydrogen) atoms. The molecule has 0 fully saturated rings. The lowest BCUT2D eigenvalue weighted by atomic mass is 10.1. The Balaban J connectivity index is 2.33. The summed E-state index contributed by atoms with van der Waals surface area (Å²) in [5.41, 5.74) is 2.13. The van der Waals surface area contributed by atoms with Crippen molar-refractivity contribution < 1.29 is 17.9 Å². The predicted molar refractivity (Wildman–Crippen MR) is 70.9 cm³/mol. The van der Waals surface area contributed by atoms with E-state index in [-0.39, 0.29) is 24.1 Å². The Morgan fingerprint density at radius 1 is 1.28 bits per heavy atom. The molecule has 0 heterocycles. The van der Waals surface area contributed by atoms with Crippen LogP contribution in [-0.4, -0.2) is 22.9 Å². The van der Waals surface area contributed by atoms with Gasteiger partial charge in [0.2, 0.25) is 0 Å². The van der Waals surface area contributed by atoms with Gasteiger partial charge in [-0.2, -0.15) is 13.2 Å². The second kappa shape index (κ2) is 6.84. The molecule has 0 atom stereocenters. The summed E-state index contributed by atoms with van der Waals surface area (Å²) in [6.07, 6.45) is 0.500. The van der Waals surface area contributed by atoms with Crippen LogP contribution >= 0.6 is 24.0 Å². The minimum absolute atomic E-state index is 0.0127. The van der Waals surface area contributed by atoms with E-state index >= 15 is 0 Å². The number of rotatable bonds is 6. The molecule has 0 bridgehead atoms. The van der Waals surface area contributed by atoms with Gasteiger partial charge in [0.15, 0.2) is 0 Å². The number of thiocarbonyl (C=S) groups is 1. The summed E-state index contributed by atoms with van der Waals surface area (Å²) in [4.78, 5) is 0.394. The lowest BCUT2D eigenvalue weighted by Crippen LogP contribution is -2.11. The summed E-state index contributed by atoms with van der Waals surface area (Å²) >= 11 is 4.67. The van der Waals surface area contributed by atoms with Crippen LogP contribution < -0.4 is 10.5 Å². The van der Waals surface area contributed by atoms with E-state index in [9.17, 15) is 13.2 Å². The first-order valence-corrected chi connectivity index (χ1v) is 6.47. The van der Waals surface area contributed by atoms with Crippen molar-refractivity contribution in [3.63, 3.8) is 0 Å². The molecule has 0 saturated carbocycles. The van der Waals surface area contributed by atoms with Gasteiger partial charge in [-0.1, -0.05) is 24.4 Å². The van der Waals surface area contributed by atoms with Crippen molar-refractivity contribution in [3.05, 3.63) is 29.8 Å². The van der Waals surface area contributed by atoms with Crippen molar-refractivity contribution in [2.24, 2.45) is 5.73 Å². The molecule has 0 saturated heterocycles. The van der Waals surface area contributed by atoms with Crippen molar-refractivity contribution in [1.29, 1.82) is 0 Å². The van der Waals surface area contributed by atoms with Gasteiger partial charge in [-0.25, -0.2) is 0 Å². The Hall–Kier alpha value is -0.950. The molecule has 1 aromatic carbocycles. The van der Waals surface area contributed by atoms with Gasteiger partial charge in [0, 0.05) is 12.2 Å². The molecule has 1 aromatic rings. The highest BCUT2D eigenvalue weighted by Crippen LogP contribution is 2.29. The molecular formula is C11H12F3NOS2. The number of thioether (sulfide) groups is 1. The number of hydrogen-bond acceptors (Lipinski definition) is 3. The number of hydrogen-bond donors (Lipinski definition) is 1. The quantitative estimate of drug-likeness (QED) is 0.646. The van der Waals surface area contributed by atoms with Crippen molar-refractivity contribution in [2.75, 3.05) is 12.4 Å². The summed E-state index contributed by atoms with van der Waals surface area (Å²) in [5, 5.41) is 0. The van der Waals surface area contributed by atoms with Gasteiger partial charge in [0.25, 0.3) is 0 Å². The van der Waals surface area contributed by atoms with Gasteiger partial charge in [-0.3, -0.25) is 0 Å². The molecule has 100 valence electrons. The first-order chi connectivity index (χ1) is 8.37. The van der Waals surface area contributed by atoms with E-state index in [0.717, 1.165) is 5.56 Å². The van der Waals surface area contributed by atoms with Gasteiger partial charge >= 0.3 is 5.51 Å². The monoisotopic (exact) mass is 295 g/mol. The summed E-state index contributed by atoms with van der Waals surface area (Å²) in [5.74, 6) is 0.405. The van der Waals surface area contributed by atoms with E-state index in [2.05, 4.69) is 0 Å². The standard InChI is InChI=1S/C11H12F3NOS2/c12-11(13,14)18-6-5-16-9-3-1-8(2-4-9)7-10(15)17/h1-4H,5-7H2,(H2,15,17). The van der Waals surface area contributed by atoms with Crippen LogP contribution in [0, 0.1) is 0 Å². The fourth-order valence-electron chi connectivity index (χ4n) is 1.22. The number of benzene rings is 1. The van der Waals surface area contributed by atoms with Crippen molar-refractivity contribution in [3.8, 4) is 5.75 Å². The summed E-state index contributed by atoms with van der Waals surface area (Å²) in [6, 6.07) is 6.94. The first kappa shape index (κ1) is 15.1. The normalized spacial score (nSPS) is 11.3. The Labute approximate surface area is 113 Å². The third-order valence-corrected chi connectivity index (χ3v) is 2.76. The van der Waals surface area contributed by atoms with Crippen molar-refractivity contribution >= 4 is 29.0 Å². The average Bonchev–Trinajstić information content (AvgIpc) is 2.24. The van der Waals surface area contributed by atoms with Crippen LogP contribution in [0.1, 0.15) is 5.56 Å². The van der Waals surface area contributed by atoms with Crippen LogP contribution in [0.3, 0.4) is 0 Å². The molecule has 0 aromatic heterocycles. The fourth-order valence-corrected chi connectivity index (χ4v) is 1.79. The van der Waals surface area contributed by atoms with Crippen LogP contribution in [-0.2, 0) is 6.42 Å². The van der Waals surface area contributed by atoms with Crippen LogP contribution in [0.25, 0.3) is 0 Å². The summed E-state index contributed by atoms with van der Waals surface area (Å²) in [7, 11) is 0. The fraction of sp³-hybridized carbons (Fsp3) is 0.364. The minimum Gasteiger partial charge on any atom is -0.493 e. The van der Waals surface area contributed by atoms with E-state index < -0.39 is 5.51 Å². The zero-order valence-corrected chi connectivity index (χ0v) is 11.0. The SMILES string of the molecule is NC(=S)Cc1ccc(OCCSC(F)(F)F)cc1. The largest absolute Gasteiger partial charge is 0.493 e. The van der Waals surface area contributed by atoms with E-state index in [1.165, 1.54) is 0 Å². The second-order valence-corrected chi connectivity index (χ2v) is 5.11. The summed E-state index contributed by atoms with van der Waals surface area (Å²) < 4.78 is 40.7. The van der Waals surface area contributed by atoms with Gasteiger partial charge in [0.05, 0.1) is 11.6 Å². The van der Waals surface area contributed by atoms with Gasteiger partial charge in [0.1, 0.15) is 5.75 Å². The lowest BCUT2D eigenvalue weighted by molar-refractivity contribution is -0.0329. The van der Waals surface area contributed by atoms with Crippen molar-refractivity contribution in [1.82, 2.24) is 0 Å². The minimum atomic E-state index is -4.20. The van der Waals surface area contributed by atoms with Crippen LogP contribution in [0.5, 0.6) is 5.75 Å². The lowest BCUT2D eigenvalue weighted by Gasteiger charge is -2.08. The molecular weight excluding hydrogens is 283 g/mol. The molecule has 0 amide bonds. The maximum Gasteiger partial charge on any atom is 0.441 e. The molecule has 0 aliphatic rings. The van der Waals surface area contributed by atoms with E-state index in [0.29, 0.717) is 17.2 Å². The molecule has 0 aliphatic heterocycles. The maximum absolute atomic E-state index is 11.8. The smallest absolute Gasteiger partial charge is 0.441 e. The Kier molecular flexibility index (Phi) is 5.74. The predicted octanol–water partition coefficient (Wildman–Crippen LogP) is 3.15. The van der Waals surface area contributed by atoms with Gasteiger partial charge < -0.3 is 10.5 Å².